The van der Waals surface area contributed by atoms with Crippen molar-refractivity contribution in [2.24, 2.45) is 0 Å². The summed E-state index contributed by atoms with van der Waals surface area (Å²) in [5.41, 5.74) is 7.32. The van der Waals surface area contributed by atoms with E-state index in [1.54, 1.807) is 18.2 Å². The van der Waals surface area contributed by atoms with Crippen molar-refractivity contribution < 1.29 is 4.39 Å². The molecule has 0 unspecified atom stereocenters. The van der Waals surface area contributed by atoms with Crippen LogP contribution in [0.4, 0.5) is 10.1 Å². The van der Waals surface area contributed by atoms with Crippen LogP contribution in [0.25, 0.3) is 10.9 Å². The second-order valence-electron chi connectivity index (χ2n) is 2.58. The second kappa shape index (κ2) is 2.48. The molecule has 1 aromatic carbocycles. The summed E-state index contributed by atoms with van der Waals surface area (Å²) < 4.78 is 12.3. The second-order valence-corrected chi connectivity index (χ2v) is 2.58. The number of halogens is 1. The average Bonchev–Trinajstić information content (AvgIpc) is 2.49. The Morgan fingerprint density at radius 1 is 1.50 bits per heavy atom. The van der Waals surface area contributed by atoms with Crippen LogP contribution in [0.5, 0.6) is 0 Å². The Kier molecular flexibility index (Phi) is 1.46. The normalized spacial score (nSPS) is 10.8. The number of H-pyrrole nitrogens is 1. The summed E-state index contributed by atoms with van der Waals surface area (Å²) >= 11 is 0. The molecule has 2 aromatic rings. The lowest BCUT2D eigenvalue weighted by Gasteiger charge is -1.92. The van der Waals surface area contributed by atoms with Crippen LogP contribution >= 0.6 is 0 Å². The first-order valence-electron chi connectivity index (χ1n) is 3.60. The van der Waals surface area contributed by atoms with Gasteiger partial charge < -0.3 is 5.73 Å². The minimum atomic E-state index is -0.542. The van der Waals surface area contributed by atoms with Gasteiger partial charge in [-0.05, 0) is 6.07 Å². The van der Waals surface area contributed by atoms with Gasteiger partial charge in [-0.2, -0.15) is 5.10 Å². The van der Waals surface area contributed by atoms with E-state index in [-0.39, 0.29) is 0 Å². The molecule has 2 rings (SSSR count). The summed E-state index contributed by atoms with van der Waals surface area (Å²) in [6.07, 6.45) is 0. The van der Waals surface area contributed by atoms with Gasteiger partial charge in [-0.3, -0.25) is 5.10 Å². The molecular formula is C8H8FN3. The van der Waals surface area contributed by atoms with Gasteiger partial charge in [-0.25, -0.2) is 4.39 Å². The van der Waals surface area contributed by atoms with Gasteiger partial charge in [0.05, 0.1) is 11.4 Å². The zero-order valence-electron chi connectivity index (χ0n) is 6.34. The summed E-state index contributed by atoms with van der Waals surface area (Å²) in [4.78, 5) is 0. The number of fused-ring (bicyclic) bond motifs is 1. The summed E-state index contributed by atoms with van der Waals surface area (Å²) in [7, 11) is 0. The number of nitrogens with two attached hydrogens (primary N) is 1. The van der Waals surface area contributed by atoms with E-state index in [0.29, 0.717) is 16.9 Å². The maximum Gasteiger partial charge on any atom is 0.131 e. The van der Waals surface area contributed by atoms with Crippen molar-refractivity contribution in [1.82, 2.24) is 10.2 Å². The van der Waals surface area contributed by atoms with Crippen molar-refractivity contribution in [3.63, 3.8) is 0 Å². The van der Waals surface area contributed by atoms with Gasteiger partial charge in [0, 0.05) is 5.39 Å². The van der Waals surface area contributed by atoms with Crippen molar-refractivity contribution in [3.05, 3.63) is 23.9 Å². The van der Waals surface area contributed by atoms with E-state index in [1.165, 1.54) is 0 Å². The SMILES string of the molecule is Nc1cccc2c(CF)[nH]nc12. The minimum absolute atomic E-state index is 0.484. The molecule has 3 N–H and O–H groups in total. The Balaban J connectivity index is 2.80. The molecular weight excluding hydrogens is 157 g/mol. The third-order valence-electron chi connectivity index (χ3n) is 1.83. The number of para-hydroxylation sites is 1. The van der Waals surface area contributed by atoms with Crippen LogP contribution in [0, 0.1) is 0 Å². The molecule has 0 bridgehead atoms. The third kappa shape index (κ3) is 0.845. The van der Waals surface area contributed by atoms with E-state index in [2.05, 4.69) is 10.2 Å². The van der Waals surface area contributed by atoms with E-state index in [4.69, 9.17) is 5.73 Å². The van der Waals surface area contributed by atoms with Crippen LogP contribution < -0.4 is 5.73 Å². The van der Waals surface area contributed by atoms with Crippen molar-refractivity contribution in [1.29, 1.82) is 0 Å². The third-order valence-corrected chi connectivity index (χ3v) is 1.83. The number of benzene rings is 1. The molecule has 1 aromatic heterocycles. The lowest BCUT2D eigenvalue weighted by molar-refractivity contribution is 0.477. The number of anilines is 1. The number of aromatic nitrogens is 2. The molecule has 0 saturated carbocycles. The van der Waals surface area contributed by atoms with Gasteiger partial charge in [0.15, 0.2) is 0 Å². The minimum Gasteiger partial charge on any atom is -0.397 e. The first-order chi connectivity index (χ1) is 5.83. The number of nitrogens with one attached hydrogen (secondary N) is 1. The molecule has 0 fully saturated rings. The predicted molar refractivity (Wildman–Crippen MR) is 45.3 cm³/mol. The molecule has 0 radical (unpaired) electrons. The Morgan fingerprint density at radius 2 is 2.33 bits per heavy atom. The van der Waals surface area contributed by atoms with E-state index >= 15 is 0 Å². The molecule has 4 heteroatoms. The molecule has 0 atom stereocenters. The fourth-order valence-corrected chi connectivity index (χ4v) is 1.22. The Bertz CT molecular complexity index is 408. The number of hydrogen-bond donors (Lipinski definition) is 2. The molecule has 0 amide bonds. The summed E-state index contributed by atoms with van der Waals surface area (Å²) in [6.45, 7) is -0.542. The lowest BCUT2D eigenvalue weighted by atomic mass is 10.2. The van der Waals surface area contributed by atoms with Crippen LogP contribution in [0.2, 0.25) is 0 Å². The smallest absolute Gasteiger partial charge is 0.131 e. The van der Waals surface area contributed by atoms with Crippen molar-refractivity contribution >= 4 is 16.6 Å². The Labute approximate surface area is 68.4 Å². The Hall–Kier alpha value is -1.58. The first-order valence-corrected chi connectivity index (χ1v) is 3.60. The molecule has 1 heterocycles. The van der Waals surface area contributed by atoms with Gasteiger partial charge in [0.2, 0.25) is 0 Å². The number of alkyl halides is 1. The number of nitrogen functional groups attached to an aromatic ring is 1. The molecule has 0 aliphatic carbocycles. The molecule has 62 valence electrons. The number of nitrogens with zero attached hydrogens (tertiary/aromatic N) is 1. The highest BCUT2D eigenvalue weighted by atomic mass is 19.1. The molecule has 0 aliphatic rings. The topological polar surface area (TPSA) is 54.7 Å². The highest BCUT2D eigenvalue weighted by Gasteiger charge is 2.05. The fraction of sp³-hybridized carbons (Fsp3) is 0.125. The largest absolute Gasteiger partial charge is 0.397 e. The van der Waals surface area contributed by atoms with Crippen molar-refractivity contribution in [2.75, 3.05) is 5.73 Å². The number of aromatic amines is 1. The van der Waals surface area contributed by atoms with E-state index in [0.717, 1.165) is 5.39 Å². The maximum atomic E-state index is 12.3. The van der Waals surface area contributed by atoms with E-state index < -0.39 is 6.67 Å². The van der Waals surface area contributed by atoms with Gasteiger partial charge in [0.25, 0.3) is 0 Å². The lowest BCUT2D eigenvalue weighted by Crippen LogP contribution is -1.85. The highest BCUT2D eigenvalue weighted by Crippen LogP contribution is 2.21. The molecule has 0 spiro atoms. The van der Waals surface area contributed by atoms with Gasteiger partial charge in [-0.15, -0.1) is 0 Å². The Morgan fingerprint density at radius 3 is 3.08 bits per heavy atom. The van der Waals surface area contributed by atoms with E-state index in [1.807, 2.05) is 0 Å². The fourth-order valence-electron chi connectivity index (χ4n) is 1.22. The van der Waals surface area contributed by atoms with Crippen LogP contribution in [0.15, 0.2) is 18.2 Å². The average molecular weight is 165 g/mol. The van der Waals surface area contributed by atoms with Gasteiger partial charge in [-0.1, -0.05) is 12.1 Å². The van der Waals surface area contributed by atoms with Crippen molar-refractivity contribution in [3.8, 4) is 0 Å². The summed E-state index contributed by atoms with van der Waals surface area (Å²) in [5.74, 6) is 0. The number of hydrogen-bond acceptors (Lipinski definition) is 2. The highest BCUT2D eigenvalue weighted by molar-refractivity contribution is 5.90. The summed E-state index contributed by atoms with van der Waals surface area (Å²) in [5, 5.41) is 7.26. The molecule has 3 nitrogen and oxygen atoms in total. The van der Waals surface area contributed by atoms with E-state index in [9.17, 15) is 4.39 Å². The zero-order valence-corrected chi connectivity index (χ0v) is 6.34. The zero-order chi connectivity index (χ0) is 8.55. The van der Waals surface area contributed by atoms with Crippen LogP contribution in [-0.2, 0) is 6.67 Å². The summed E-state index contributed by atoms with van der Waals surface area (Å²) in [6, 6.07) is 5.32. The van der Waals surface area contributed by atoms with Gasteiger partial charge in [0.1, 0.15) is 12.2 Å². The van der Waals surface area contributed by atoms with Gasteiger partial charge >= 0.3 is 0 Å². The quantitative estimate of drug-likeness (QED) is 0.631. The monoisotopic (exact) mass is 165 g/mol. The maximum absolute atomic E-state index is 12.3. The van der Waals surface area contributed by atoms with Crippen LogP contribution in [0.3, 0.4) is 0 Å². The number of rotatable bonds is 1. The van der Waals surface area contributed by atoms with Crippen LogP contribution in [0.1, 0.15) is 5.69 Å². The predicted octanol–water partition coefficient (Wildman–Crippen LogP) is 1.61. The molecule has 0 saturated heterocycles. The standard InChI is InChI=1S/C8H8FN3/c9-4-7-5-2-1-3-6(10)8(5)12-11-7/h1-3H,4,10H2,(H,11,12). The van der Waals surface area contributed by atoms with Crippen LogP contribution in [-0.4, -0.2) is 10.2 Å². The molecule has 0 aliphatic heterocycles. The van der Waals surface area contributed by atoms with Crippen molar-refractivity contribution in [2.45, 2.75) is 6.67 Å². The molecule has 12 heavy (non-hydrogen) atoms. The first kappa shape index (κ1) is 7.09.